The molecule has 0 aromatic rings. The SMILES string of the molecule is CC(C)(C)[Si](C)(C)OCC12CC3(CC3)CN1CC1(CC1)C2. The molecular weight excluding hydrogens is 274 g/mol. The smallest absolute Gasteiger partial charge is 0.192 e. The molecule has 2 heterocycles. The highest BCUT2D eigenvalue weighted by molar-refractivity contribution is 6.74. The van der Waals surface area contributed by atoms with E-state index in [0.29, 0.717) is 21.4 Å². The summed E-state index contributed by atoms with van der Waals surface area (Å²) < 4.78 is 6.72. The summed E-state index contributed by atoms with van der Waals surface area (Å²) >= 11 is 0. The van der Waals surface area contributed by atoms with Gasteiger partial charge in [-0.05, 0) is 67.5 Å². The van der Waals surface area contributed by atoms with Gasteiger partial charge in [-0.3, -0.25) is 4.90 Å². The van der Waals surface area contributed by atoms with Gasteiger partial charge in [-0.25, -0.2) is 0 Å². The van der Waals surface area contributed by atoms with Crippen LogP contribution >= 0.6 is 0 Å². The van der Waals surface area contributed by atoms with E-state index in [1.165, 1.54) is 51.6 Å². The highest BCUT2D eigenvalue weighted by Gasteiger charge is 2.67. The van der Waals surface area contributed by atoms with Crippen molar-refractivity contribution in [2.24, 2.45) is 10.8 Å². The summed E-state index contributed by atoms with van der Waals surface area (Å²) in [5.74, 6) is 0. The Balaban J connectivity index is 1.51. The second-order valence-electron chi connectivity index (χ2n) is 10.5. The zero-order valence-corrected chi connectivity index (χ0v) is 15.7. The zero-order chi connectivity index (χ0) is 15.1. The normalized spacial score (nSPS) is 31.9. The molecule has 0 aromatic carbocycles. The van der Waals surface area contributed by atoms with Gasteiger partial charge in [-0.2, -0.15) is 0 Å². The van der Waals surface area contributed by atoms with E-state index in [2.05, 4.69) is 38.8 Å². The predicted octanol–water partition coefficient (Wildman–Crippen LogP) is 4.42. The van der Waals surface area contributed by atoms with Gasteiger partial charge in [0.05, 0.1) is 6.61 Å². The van der Waals surface area contributed by atoms with Crippen LogP contribution in [-0.4, -0.2) is 38.5 Å². The number of hydrogen-bond acceptors (Lipinski definition) is 2. The molecule has 2 spiro atoms. The monoisotopic (exact) mass is 307 g/mol. The largest absolute Gasteiger partial charge is 0.415 e. The Kier molecular flexibility index (Phi) is 2.78. The van der Waals surface area contributed by atoms with Crippen LogP contribution in [0.25, 0.3) is 0 Å². The van der Waals surface area contributed by atoms with Crippen molar-refractivity contribution in [3.8, 4) is 0 Å². The van der Waals surface area contributed by atoms with Gasteiger partial charge in [0.25, 0.3) is 0 Å². The molecule has 0 unspecified atom stereocenters. The lowest BCUT2D eigenvalue weighted by molar-refractivity contribution is 0.105. The molecule has 2 saturated carbocycles. The van der Waals surface area contributed by atoms with Gasteiger partial charge in [0.15, 0.2) is 8.32 Å². The Bertz CT molecular complexity index is 432. The highest BCUT2D eigenvalue weighted by atomic mass is 28.4. The van der Waals surface area contributed by atoms with Crippen molar-refractivity contribution in [3.63, 3.8) is 0 Å². The van der Waals surface area contributed by atoms with Crippen molar-refractivity contribution in [2.45, 2.75) is 83.0 Å². The van der Waals surface area contributed by atoms with Crippen LogP contribution in [0, 0.1) is 10.8 Å². The van der Waals surface area contributed by atoms with E-state index < -0.39 is 8.32 Å². The van der Waals surface area contributed by atoms with Crippen molar-refractivity contribution in [1.82, 2.24) is 4.90 Å². The standard InChI is InChI=1S/C18H33NOSi/c1-15(2,3)21(4,5)20-14-18-10-16(6-7-16)12-19(18)13-17(11-18)8-9-17/h6-14H2,1-5H3. The summed E-state index contributed by atoms with van der Waals surface area (Å²) in [6.45, 7) is 15.7. The van der Waals surface area contributed by atoms with Crippen LogP contribution in [-0.2, 0) is 4.43 Å². The van der Waals surface area contributed by atoms with Crippen LogP contribution in [0.3, 0.4) is 0 Å². The predicted molar refractivity (Wildman–Crippen MR) is 90.0 cm³/mol. The maximum atomic E-state index is 6.72. The summed E-state index contributed by atoms with van der Waals surface area (Å²) in [5.41, 5.74) is 1.85. The van der Waals surface area contributed by atoms with Crippen molar-refractivity contribution < 1.29 is 4.43 Å². The molecule has 0 N–H and O–H groups in total. The molecule has 4 rings (SSSR count). The van der Waals surface area contributed by atoms with Crippen molar-refractivity contribution in [3.05, 3.63) is 0 Å². The maximum absolute atomic E-state index is 6.72. The minimum atomic E-state index is -1.62. The Labute approximate surface area is 131 Å². The van der Waals surface area contributed by atoms with Crippen molar-refractivity contribution in [2.75, 3.05) is 19.7 Å². The Hall–Kier alpha value is 0.137. The average Bonchev–Trinajstić information content (AvgIpc) is 3.18. The number of rotatable bonds is 3. The van der Waals surface area contributed by atoms with Gasteiger partial charge in [-0.15, -0.1) is 0 Å². The van der Waals surface area contributed by atoms with E-state index in [4.69, 9.17) is 4.43 Å². The lowest BCUT2D eigenvalue weighted by Gasteiger charge is -2.41. The van der Waals surface area contributed by atoms with Crippen LogP contribution in [0.5, 0.6) is 0 Å². The number of hydrogen-bond donors (Lipinski definition) is 0. The van der Waals surface area contributed by atoms with Crippen molar-refractivity contribution >= 4 is 8.32 Å². The summed E-state index contributed by atoms with van der Waals surface area (Å²) in [5, 5.41) is 0.334. The summed E-state index contributed by atoms with van der Waals surface area (Å²) in [6, 6.07) is 0. The second kappa shape index (κ2) is 3.96. The third-order valence-corrected chi connectivity index (χ3v) is 12.0. The number of fused-ring (bicyclic) bond motifs is 1. The minimum absolute atomic E-state index is 0.334. The van der Waals surface area contributed by atoms with Crippen LogP contribution in [0.2, 0.25) is 18.1 Å². The van der Waals surface area contributed by atoms with Crippen LogP contribution in [0.4, 0.5) is 0 Å². The first-order valence-electron chi connectivity index (χ1n) is 8.99. The van der Waals surface area contributed by atoms with E-state index in [9.17, 15) is 0 Å². The first-order valence-corrected chi connectivity index (χ1v) is 11.9. The first kappa shape index (κ1) is 14.7. The highest BCUT2D eigenvalue weighted by Crippen LogP contribution is 2.67. The molecule has 3 heteroatoms. The Morgan fingerprint density at radius 3 is 1.81 bits per heavy atom. The number of nitrogens with zero attached hydrogens (tertiary/aromatic N) is 1. The molecule has 2 nitrogen and oxygen atoms in total. The van der Waals surface area contributed by atoms with Gasteiger partial charge in [0.2, 0.25) is 0 Å². The average molecular weight is 308 g/mol. The molecule has 21 heavy (non-hydrogen) atoms. The molecule has 4 aliphatic rings. The fourth-order valence-corrected chi connectivity index (χ4v) is 5.81. The molecule has 0 atom stereocenters. The molecule has 2 aliphatic heterocycles. The molecule has 2 aliphatic carbocycles. The molecular formula is C18H33NOSi. The molecule has 0 bridgehead atoms. The van der Waals surface area contributed by atoms with Gasteiger partial charge in [0, 0.05) is 18.6 Å². The van der Waals surface area contributed by atoms with Gasteiger partial charge in [-0.1, -0.05) is 20.8 Å². The molecule has 120 valence electrons. The maximum Gasteiger partial charge on any atom is 0.192 e. The molecule has 0 aromatic heterocycles. The van der Waals surface area contributed by atoms with Crippen LogP contribution < -0.4 is 0 Å². The molecule has 2 saturated heterocycles. The summed E-state index contributed by atoms with van der Waals surface area (Å²) in [7, 11) is -1.62. The van der Waals surface area contributed by atoms with Gasteiger partial charge in [0.1, 0.15) is 0 Å². The Morgan fingerprint density at radius 2 is 1.43 bits per heavy atom. The topological polar surface area (TPSA) is 12.5 Å². The Morgan fingerprint density at radius 1 is 0.952 bits per heavy atom. The zero-order valence-electron chi connectivity index (χ0n) is 14.7. The van der Waals surface area contributed by atoms with Crippen LogP contribution in [0.15, 0.2) is 0 Å². The van der Waals surface area contributed by atoms with Gasteiger partial charge < -0.3 is 4.43 Å². The second-order valence-corrected chi connectivity index (χ2v) is 15.3. The van der Waals surface area contributed by atoms with E-state index in [1.54, 1.807) is 0 Å². The lowest BCUT2D eigenvalue weighted by Crippen LogP contribution is -2.49. The van der Waals surface area contributed by atoms with E-state index in [1.807, 2.05) is 0 Å². The quantitative estimate of drug-likeness (QED) is 0.716. The summed E-state index contributed by atoms with van der Waals surface area (Å²) in [4.78, 5) is 2.88. The van der Waals surface area contributed by atoms with E-state index >= 15 is 0 Å². The fourth-order valence-electron chi connectivity index (χ4n) is 4.74. The fraction of sp³-hybridized carbons (Fsp3) is 1.00. The van der Waals surface area contributed by atoms with Crippen LogP contribution in [0.1, 0.15) is 59.3 Å². The van der Waals surface area contributed by atoms with E-state index in [-0.39, 0.29) is 0 Å². The molecule has 0 amide bonds. The van der Waals surface area contributed by atoms with E-state index in [0.717, 1.165) is 6.61 Å². The lowest BCUT2D eigenvalue weighted by atomic mass is 9.85. The molecule has 0 radical (unpaired) electrons. The van der Waals surface area contributed by atoms with Gasteiger partial charge >= 0.3 is 0 Å². The molecule has 4 fully saturated rings. The minimum Gasteiger partial charge on any atom is -0.415 e. The first-order chi connectivity index (χ1) is 9.60. The van der Waals surface area contributed by atoms with Crippen molar-refractivity contribution in [1.29, 1.82) is 0 Å². The third-order valence-electron chi connectivity index (χ3n) is 7.55. The summed E-state index contributed by atoms with van der Waals surface area (Å²) in [6.07, 6.45) is 8.82. The third kappa shape index (κ3) is 2.26.